The molecule has 0 saturated heterocycles. The number of hydrogen-bond donors (Lipinski definition) is 2. The first-order valence-corrected chi connectivity index (χ1v) is 6.16. The van der Waals surface area contributed by atoms with Crippen LogP contribution in [0.5, 0.6) is 0 Å². The zero-order chi connectivity index (χ0) is 14.5. The van der Waals surface area contributed by atoms with Gasteiger partial charge in [-0.2, -0.15) is 5.10 Å². The highest BCUT2D eigenvalue weighted by Crippen LogP contribution is 2.20. The van der Waals surface area contributed by atoms with Crippen LogP contribution in [0.25, 0.3) is 0 Å². The Morgan fingerprint density at radius 2 is 2.35 bits per heavy atom. The van der Waals surface area contributed by atoms with Crippen molar-refractivity contribution in [2.75, 3.05) is 24.7 Å². The van der Waals surface area contributed by atoms with Crippen LogP contribution in [0.2, 0.25) is 0 Å². The average Bonchev–Trinajstić information content (AvgIpc) is 2.85. The number of nitrogen functional groups attached to an aromatic ring is 1. The van der Waals surface area contributed by atoms with Gasteiger partial charge in [-0.05, 0) is 18.1 Å². The summed E-state index contributed by atoms with van der Waals surface area (Å²) in [5.41, 5.74) is 7.62. The molecule has 0 atom stereocenters. The number of nitrogens with one attached hydrogen (secondary N) is 1. The monoisotopic (exact) mass is 275 g/mol. The molecule has 0 amide bonds. The van der Waals surface area contributed by atoms with Crippen molar-refractivity contribution in [1.29, 1.82) is 0 Å². The second-order valence-corrected chi connectivity index (χ2v) is 4.31. The number of aryl methyl sites for hydroxylation is 1. The summed E-state index contributed by atoms with van der Waals surface area (Å²) in [5.74, 6) is 0.0111. The highest BCUT2D eigenvalue weighted by atomic mass is 16.5. The summed E-state index contributed by atoms with van der Waals surface area (Å²) in [6, 6.07) is 1.54. The number of carbonyl (C=O) groups is 1. The number of nitrogens with zero attached hydrogens (tertiary/aromatic N) is 3. The summed E-state index contributed by atoms with van der Waals surface area (Å²) < 4.78 is 6.41. The van der Waals surface area contributed by atoms with E-state index in [1.165, 1.54) is 19.4 Å². The second kappa shape index (κ2) is 6.05. The van der Waals surface area contributed by atoms with Crippen LogP contribution in [0.15, 0.2) is 24.7 Å². The van der Waals surface area contributed by atoms with E-state index in [4.69, 9.17) is 5.73 Å². The lowest BCUT2D eigenvalue weighted by atomic mass is 10.2. The number of anilines is 2. The van der Waals surface area contributed by atoms with Gasteiger partial charge in [-0.25, -0.2) is 9.78 Å². The van der Waals surface area contributed by atoms with Gasteiger partial charge in [0.25, 0.3) is 0 Å². The van der Waals surface area contributed by atoms with Crippen molar-refractivity contribution in [3.63, 3.8) is 0 Å². The van der Waals surface area contributed by atoms with Crippen LogP contribution in [-0.2, 0) is 18.2 Å². The summed E-state index contributed by atoms with van der Waals surface area (Å²) in [5, 5.41) is 7.20. The molecular weight excluding hydrogens is 258 g/mol. The summed E-state index contributed by atoms with van der Waals surface area (Å²) in [7, 11) is 3.19. The van der Waals surface area contributed by atoms with Crippen molar-refractivity contribution >= 4 is 17.5 Å². The first-order chi connectivity index (χ1) is 9.61. The Labute approximate surface area is 116 Å². The maximum absolute atomic E-state index is 11.5. The third-order valence-corrected chi connectivity index (χ3v) is 2.86. The first-order valence-electron chi connectivity index (χ1n) is 6.16. The zero-order valence-corrected chi connectivity index (χ0v) is 11.5. The second-order valence-electron chi connectivity index (χ2n) is 4.31. The van der Waals surface area contributed by atoms with Crippen LogP contribution in [0.4, 0.5) is 11.5 Å². The van der Waals surface area contributed by atoms with E-state index in [0.717, 1.165) is 12.0 Å². The van der Waals surface area contributed by atoms with E-state index in [2.05, 4.69) is 20.1 Å². The number of carbonyl (C=O) groups excluding carboxylic acids is 1. The molecule has 0 aliphatic carbocycles. The predicted octanol–water partition coefficient (Wildman–Crippen LogP) is 0.838. The van der Waals surface area contributed by atoms with Crippen LogP contribution in [0.1, 0.15) is 15.9 Å². The van der Waals surface area contributed by atoms with Crippen molar-refractivity contribution in [1.82, 2.24) is 14.8 Å². The van der Waals surface area contributed by atoms with Gasteiger partial charge in [0.1, 0.15) is 5.82 Å². The molecular formula is C13H17N5O2. The molecule has 7 heteroatoms. The van der Waals surface area contributed by atoms with Crippen molar-refractivity contribution in [2.24, 2.45) is 7.05 Å². The molecule has 20 heavy (non-hydrogen) atoms. The number of methoxy groups -OCH3 is 1. The van der Waals surface area contributed by atoms with Crippen LogP contribution in [0, 0.1) is 0 Å². The van der Waals surface area contributed by atoms with Crippen LogP contribution >= 0.6 is 0 Å². The highest BCUT2D eigenvalue weighted by molar-refractivity contribution is 5.97. The lowest BCUT2D eigenvalue weighted by Gasteiger charge is -2.10. The molecule has 106 valence electrons. The maximum atomic E-state index is 11.5. The molecule has 0 saturated carbocycles. The summed E-state index contributed by atoms with van der Waals surface area (Å²) in [4.78, 5) is 15.6. The third kappa shape index (κ3) is 3.05. The molecule has 0 bridgehead atoms. The topological polar surface area (TPSA) is 95.1 Å². The number of nitrogens with two attached hydrogens (primary N) is 1. The van der Waals surface area contributed by atoms with Gasteiger partial charge < -0.3 is 15.8 Å². The molecule has 0 aliphatic heterocycles. The van der Waals surface area contributed by atoms with Gasteiger partial charge in [0.2, 0.25) is 0 Å². The lowest BCUT2D eigenvalue weighted by Crippen LogP contribution is -2.12. The normalized spacial score (nSPS) is 10.3. The fraction of sp³-hybridized carbons (Fsp3) is 0.308. The van der Waals surface area contributed by atoms with E-state index in [1.807, 2.05) is 19.4 Å². The van der Waals surface area contributed by atoms with Gasteiger partial charge in [-0.15, -0.1) is 0 Å². The van der Waals surface area contributed by atoms with Crippen LogP contribution in [-0.4, -0.2) is 34.4 Å². The Morgan fingerprint density at radius 3 is 3.00 bits per heavy atom. The van der Waals surface area contributed by atoms with E-state index in [9.17, 15) is 4.79 Å². The number of hydrogen-bond acceptors (Lipinski definition) is 6. The summed E-state index contributed by atoms with van der Waals surface area (Å²) in [6.45, 7) is 0.646. The zero-order valence-electron chi connectivity index (χ0n) is 11.5. The number of aromatic nitrogens is 3. The van der Waals surface area contributed by atoms with Crippen LogP contribution < -0.4 is 11.1 Å². The van der Waals surface area contributed by atoms with Gasteiger partial charge in [-0.1, -0.05) is 0 Å². The molecule has 0 fully saturated rings. The molecule has 7 nitrogen and oxygen atoms in total. The van der Waals surface area contributed by atoms with E-state index in [0.29, 0.717) is 23.6 Å². The van der Waals surface area contributed by atoms with Gasteiger partial charge >= 0.3 is 5.97 Å². The van der Waals surface area contributed by atoms with Gasteiger partial charge in [-0.3, -0.25) is 4.68 Å². The van der Waals surface area contributed by atoms with Gasteiger partial charge in [0.05, 0.1) is 24.6 Å². The smallest absolute Gasteiger partial charge is 0.340 e. The SMILES string of the molecule is COC(=O)c1ccnc(NCCc2cnn(C)c2)c1N. The van der Waals surface area contributed by atoms with Crippen molar-refractivity contribution in [3.8, 4) is 0 Å². The molecule has 3 N–H and O–H groups in total. The highest BCUT2D eigenvalue weighted by Gasteiger charge is 2.13. The van der Waals surface area contributed by atoms with E-state index in [-0.39, 0.29) is 0 Å². The molecule has 2 heterocycles. The molecule has 0 spiro atoms. The van der Waals surface area contributed by atoms with Crippen molar-refractivity contribution < 1.29 is 9.53 Å². The first kappa shape index (κ1) is 13.9. The standard InChI is InChI=1S/C13H17N5O2/c1-18-8-9(7-17-18)3-5-15-12-11(14)10(4-6-16-12)13(19)20-2/h4,6-8H,3,5,14H2,1-2H3,(H,15,16). The minimum absolute atomic E-state index is 0.297. The Kier molecular flexibility index (Phi) is 4.19. The van der Waals surface area contributed by atoms with Gasteiger partial charge in [0.15, 0.2) is 0 Å². The molecule has 2 aromatic heterocycles. The summed E-state index contributed by atoms with van der Waals surface area (Å²) in [6.07, 6.45) is 6.07. The minimum Gasteiger partial charge on any atom is -0.465 e. The largest absolute Gasteiger partial charge is 0.465 e. The molecule has 0 radical (unpaired) electrons. The Bertz CT molecular complexity index is 609. The Balaban J connectivity index is 2.01. The number of ether oxygens (including phenoxy) is 1. The maximum Gasteiger partial charge on any atom is 0.340 e. The van der Waals surface area contributed by atoms with Gasteiger partial charge in [0, 0.05) is 26.0 Å². The van der Waals surface area contributed by atoms with E-state index >= 15 is 0 Å². The Hall–Kier alpha value is -2.57. The minimum atomic E-state index is -0.472. The molecule has 2 rings (SSSR count). The fourth-order valence-electron chi connectivity index (χ4n) is 1.83. The lowest BCUT2D eigenvalue weighted by molar-refractivity contribution is 0.0602. The van der Waals surface area contributed by atoms with Crippen molar-refractivity contribution in [3.05, 3.63) is 35.8 Å². The molecule has 0 aliphatic rings. The predicted molar refractivity (Wildman–Crippen MR) is 75.4 cm³/mol. The summed E-state index contributed by atoms with van der Waals surface area (Å²) >= 11 is 0. The van der Waals surface area contributed by atoms with E-state index in [1.54, 1.807) is 4.68 Å². The Morgan fingerprint density at radius 1 is 1.55 bits per heavy atom. The number of pyridine rings is 1. The molecule has 0 unspecified atom stereocenters. The fourth-order valence-corrected chi connectivity index (χ4v) is 1.83. The average molecular weight is 275 g/mol. The molecule has 0 aromatic carbocycles. The quantitative estimate of drug-likeness (QED) is 0.785. The number of rotatable bonds is 5. The molecule has 2 aromatic rings. The third-order valence-electron chi connectivity index (χ3n) is 2.86. The van der Waals surface area contributed by atoms with Crippen LogP contribution in [0.3, 0.4) is 0 Å². The van der Waals surface area contributed by atoms with E-state index < -0.39 is 5.97 Å². The van der Waals surface area contributed by atoms with Crippen molar-refractivity contribution in [2.45, 2.75) is 6.42 Å². The number of esters is 1.